The molecule has 0 atom stereocenters. The smallest absolute Gasteiger partial charge is 0.0512 e. The number of nitrogens with one attached hydrogen (secondary N) is 1. The first kappa shape index (κ1) is 11.2. The molecule has 86 valence electrons. The molecule has 0 aliphatic rings. The molecule has 1 N–H and O–H groups in total. The van der Waals surface area contributed by atoms with Crippen LogP contribution in [-0.4, -0.2) is 18.2 Å². The van der Waals surface area contributed by atoms with Crippen LogP contribution in [0.1, 0.15) is 16.8 Å². The maximum Gasteiger partial charge on any atom is 0.0512 e. The zero-order valence-electron chi connectivity index (χ0n) is 10.6. The average molecular weight is 216 g/mol. The fraction of sp³-hybridized carbons (Fsp3) is 0.429. The van der Waals surface area contributed by atoms with Crippen LogP contribution >= 0.6 is 0 Å². The number of aromatic nitrogens is 1. The molecule has 0 bridgehead atoms. The standard InChI is InChI=1S/C14H20N2/c1-10-5-6-12-9-13(7-8-15-3)16(4)14(12)11(10)2/h5-6,9,15H,7-8H2,1-4H3. The Hall–Kier alpha value is -1.28. The maximum atomic E-state index is 3.20. The minimum Gasteiger partial charge on any atom is -0.347 e. The number of rotatable bonds is 3. The van der Waals surface area contributed by atoms with Crippen LogP contribution in [-0.2, 0) is 13.5 Å². The van der Waals surface area contributed by atoms with E-state index < -0.39 is 0 Å². The third-order valence-electron chi connectivity index (χ3n) is 3.45. The first-order valence-electron chi connectivity index (χ1n) is 5.84. The van der Waals surface area contributed by atoms with Gasteiger partial charge in [-0.1, -0.05) is 12.1 Å². The first-order valence-corrected chi connectivity index (χ1v) is 5.84. The second-order valence-corrected chi connectivity index (χ2v) is 4.49. The van der Waals surface area contributed by atoms with Crippen molar-refractivity contribution >= 4 is 10.9 Å². The van der Waals surface area contributed by atoms with E-state index in [4.69, 9.17) is 0 Å². The number of nitrogens with zero attached hydrogens (tertiary/aromatic N) is 1. The lowest BCUT2D eigenvalue weighted by molar-refractivity contribution is 0.745. The Labute approximate surface area is 97.3 Å². The number of hydrogen-bond acceptors (Lipinski definition) is 1. The lowest BCUT2D eigenvalue weighted by Crippen LogP contribution is -2.12. The summed E-state index contributed by atoms with van der Waals surface area (Å²) in [5.41, 5.74) is 5.55. The van der Waals surface area contributed by atoms with Crippen molar-refractivity contribution < 1.29 is 0 Å². The van der Waals surface area contributed by atoms with Gasteiger partial charge in [0.1, 0.15) is 0 Å². The molecule has 16 heavy (non-hydrogen) atoms. The Morgan fingerprint density at radius 2 is 2.00 bits per heavy atom. The van der Waals surface area contributed by atoms with Gasteiger partial charge in [-0.25, -0.2) is 0 Å². The SMILES string of the molecule is CNCCc1cc2ccc(C)c(C)c2n1C. The Morgan fingerprint density at radius 1 is 1.25 bits per heavy atom. The van der Waals surface area contributed by atoms with E-state index in [-0.39, 0.29) is 0 Å². The Bertz CT molecular complexity index is 509. The summed E-state index contributed by atoms with van der Waals surface area (Å²) in [5, 5.41) is 4.56. The van der Waals surface area contributed by atoms with Crippen LogP contribution in [0, 0.1) is 13.8 Å². The molecule has 0 unspecified atom stereocenters. The van der Waals surface area contributed by atoms with E-state index in [0.717, 1.165) is 13.0 Å². The zero-order chi connectivity index (χ0) is 11.7. The summed E-state index contributed by atoms with van der Waals surface area (Å²) in [6, 6.07) is 6.74. The van der Waals surface area contributed by atoms with Crippen molar-refractivity contribution in [2.45, 2.75) is 20.3 Å². The van der Waals surface area contributed by atoms with E-state index in [0.29, 0.717) is 0 Å². The molecule has 0 amide bonds. The highest BCUT2D eigenvalue weighted by Crippen LogP contribution is 2.24. The van der Waals surface area contributed by atoms with Crippen LogP contribution in [0.25, 0.3) is 10.9 Å². The van der Waals surface area contributed by atoms with Crippen molar-refractivity contribution in [3.8, 4) is 0 Å². The van der Waals surface area contributed by atoms with Crippen LogP contribution < -0.4 is 5.32 Å². The monoisotopic (exact) mass is 216 g/mol. The van der Waals surface area contributed by atoms with Gasteiger partial charge in [0.25, 0.3) is 0 Å². The molecule has 0 spiro atoms. The summed E-state index contributed by atoms with van der Waals surface area (Å²) < 4.78 is 2.33. The Kier molecular flexibility index (Phi) is 3.01. The zero-order valence-corrected chi connectivity index (χ0v) is 10.6. The minimum atomic E-state index is 1.03. The molecule has 0 saturated heterocycles. The molecule has 2 rings (SSSR count). The molecule has 1 heterocycles. The third-order valence-corrected chi connectivity index (χ3v) is 3.45. The normalized spacial score (nSPS) is 11.2. The summed E-state index contributed by atoms with van der Waals surface area (Å²) in [4.78, 5) is 0. The van der Waals surface area contributed by atoms with E-state index >= 15 is 0 Å². The van der Waals surface area contributed by atoms with Crippen LogP contribution in [0.4, 0.5) is 0 Å². The molecule has 1 aromatic heterocycles. The highest BCUT2D eigenvalue weighted by molar-refractivity contribution is 5.85. The van der Waals surface area contributed by atoms with E-state index in [2.05, 4.69) is 49.0 Å². The predicted octanol–water partition coefficient (Wildman–Crippen LogP) is 2.56. The fourth-order valence-electron chi connectivity index (χ4n) is 2.30. The average Bonchev–Trinajstić information content (AvgIpc) is 2.59. The molecular formula is C14H20N2. The number of hydrogen-bond donors (Lipinski definition) is 1. The molecule has 0 saturated carbocycles. The third kappa shape index (κ3) is 1.74. The van der Waals surface area contributed by atoms with Gasteiger partial charge in [-0.3, -0.25) is 0 Å². The van der Waals surface area contributed by atoms with Crippen molar-refractivity contribution in [3.63, 3.8) is 0 Å². The molecule has 0 aliphatic carbocycles. The van der Waals surface area contributed by atoms with E-state index in [1.54, 1.807) is 0 Å². The Morgan fingerprint density at radius 3 is 2.69 bits per heavy atom. The van der Waals surface area contributed by atoms with Crippen molar-refractivity contribution in [1.29, 1.82) is 0 Å². The van der Waals surface area contributed by atoms with Gasteiger partial charge < -0.3 is 9.88 Å². The van der Waals surface area contributed by atoms with Crippen molar-refractivity contribution in [2.24, 2.45) is 7.05 Å². The molecule has 2 nitrogen and oxygen atoms in total. The lowest BCUT2D eigenvalue weighted by Gasteiger charge is -2.07. The van der Waals surface area contributed by atoms with Gasteiger partial charge in [0.2, 0.25) is 0 Å². The molecule has 2 aromatic rings. The second-order valence-electron chi connectivity index (χ2n) is 4.49. The maximum absolute atomic E-state index is 3.20. The molecule has 2 heteroatoms. The van der Waals surface area contributed by atoms with Crippen LogP contribution in [0.5, 0.6) is 0 Å². The summed E-state index contributed by atoms with van der Waals surface area (Å²) in [5.74, 6) is 0. The second kappa shape index (κ2) is 4.30. The summed E-state index contributed by atoms with van der Waals surface area (Å²) in [7, 11) is 4.16. The molecule has 0 radical (unpaired) electrons. The summed E-state index contributed by atoms with van der Waals surface area (Å²) >= 11 is 0. The fourth-order valence-corrected chi connectivity index (χ4v) is 2.30. The predicted molar refractivity (Wildman–Crippen MR) is 70.0 cm³/mol. The first-order chi connectivity index (χ1) is 7.65. The number of benzene rings is 1. The number of aryl methyl sites for hydroxylation is 3. The lowest BCUT2D eigenvalue weighted by atomic mass is 10.1. The highest BCUT2D eigenvalue weighted by Gasteiger charge is 2.08. The molecule has 0 fully saturated rings. The summed E-state index contributed by atoms with van der Waals surface area (Å²) in [6.07, 6.45) is 1.08. The van der Waals surface area contributed by atoms with Gasteiger partial charge in [0, 0.05) is 31.1 Å². The minimum absolute atomic E-state index is 1.03. The highest BCUT2D eigenvalue weighted by atomic mass is 15.0. The van der Waals surface area contributed by atoms with Gasteiger partial charge >= 0.3 is 0 Å². The van der Waals surface area contributed by atoms with Crippen molar-refractivity contribution in [3.05, 3.63) is 35.0 Å². The van der Waals surface area contributed by atoms with Crippen molar-refractivity contribution in [1.82, 2.24) is 9.88 Å². The van der Waals surface area contributed by atoms with E-state index in [1.807, 2.05) is 7.05 Å². The van der Waals surface area contributed by atoms with Crippen molar-refractivity contribution in [2.75, 3.05) is 13.6 Å². The van der Waals surface area contributed by atoms with Crippen LogP contribution in [0.3, 0.4) is 0 Å². The molecular weight excluding hydrogens is 196 g/mol. The van der Waals surface area contributed by atoms with E-state index in [9.17, 15) is 0 Å². The number of fused-ring (bicyclic) bond motifs is 1. The number of likely N-dealkylation sites (N-methyl/N-ethyl adjacent to an activating group) is 1. The van der Waals surface area contributed by atoms with E-state index in [1.165, 1.54) is 27.7 Å². The van der Waals surface area contributed by atoms with Gasteiger partial charge in [0.05, 0.1) is 5.52 Å². The van der Waals surface area contributed by atoms with Gasteiger partial charge in [-0.2, -0.15) is 0 Å². The van der Waals surface area contributed by atoms with Gasteiger partial charge in [0.15, 0.2) is 0 Å². The van der Waals surface area contributed by atoms with Gasteiger partial charge in [-0.15, -0.1) is 0 Å². The molecule has 1 aromatic carbocycles. The largest absolute Gasteiger partial charge is 0.347 e. The van der Waals surface area contributed by atoms with Gasteiger partial charge in [-0.05, 0) is 38.1 Å². The quantitative estimate of drug-likeness (QED) is 0.834. The molecule has 0 aliphatic heterocycles. The van der Waals surface area contributed by atoms with Crippen LogP contribution in [0.15, 0.2) is 18.2 Å². The van der Waals surface area contributed by atoms with Crippen LogP contribution in [0.2, 0.25) is 0 Å². The summed E-state index contributed by atoms with van der Waals surface area (Å²) in [6.45, 7) is 5.41. The topological polar surface area (TPSA) is 17.0 Å². The Balaban J connectivity index is 2.55.